The summed E-state index contributed by atoms with van der Waals surface area (Å²) in [5.74, 6) is 0. The van der Waals surface area contributed by atoms with Gasteiger partial charge in [0.15, 0.2) is 0 Å². The van der Waals surface area contributed by atoms with Crippen molar-refractivity contribution >= 4 is 68.6 Å². The molecule has 0 radical (unpaired) electrons. The van der Waals surface area contributed by atoms with E-state index in [1.807, 2.05) is 0 Å². The number of nitrogens with zero attached hydrogens (tertiary/aromatic N) is 3. The Labute approximate surface area is 468 Å². The van der Waals surface area contributed by atoms with Gasteiger partial charge in [-0.25, -0.2) is 0 Å². The number of fused-ring (bicyclic) bond motifs is 9. The van der Waals surface area contributed by atoms with Crippen molar-refractivity contribution in [1.29, 1.82) is 0 Å². The van der Waals surface area contributed by atoms with Crippen LogP contribution in [0.5, 0.6) is 0 Å². The molecule has 2 atom stereocenters. The first-order chi connectivity index (χ1) is 38.1. The number of hydrogen-bond acceptors (Lipinski definition) is 3. The zero-order chi connectivity index (χ0) is 54.2. The Morgan fingerprint density at radius 3 is 1.59 bits per heavy atom. The second kappa shape index (κ2) is 17.8. The number of hydrogen-bond donors (Lipinski definition) is 0. The average Bonchev–Trinajstić information content (AvgIpc) is 3.16. The molecule has 79 heavy (non-hydrogen) atoms. The van der Waals surface area contributed by atoms with Crippen LogP contribution in [0.15, 0.2) is 224 Å². The summed E-state index contributed by atoms with van der Waals surface area (Å²) in [5, 5.41) is 0. The molecular weight excluding hydrogens is 954 g/mol. The van der Waals surface area contributed by atoms with Gasteiger partial charge in [-0.1, -0.05) is 206 Å². The minimum atomic E-state index is -0.381. The highest BCUT2D eigenvalue weighted by Crippen LogP contribution is 2.64. The maximum atomic E-state index is 2.74. The Hall–Kier alpha value is -8.34. The smallest absolute Gasteiger partial charge is 0.252 e. The SMILES string of the molecule is Cc1cc2c3c(c1)N(c1ccc(C(C)(C)C)cc1-c1ccccc1)c1cc(-c4ccccc4)ccc1B3c1ccc(N3c4ccc(-c5ccccc5)cc4C4(C)CCc5ccccc5C34C)cc1N2c1ccc(C(C)(C)C)cc1. The fraction of sp³-hybridized carbons (Fsp3) is 0.200. The fourth-order valence-corrected chi connectivity index (χ4v) is 14.3. The van der Waals surface area contributed by atoms with Gasteiger partial charge in [0.2, 0.25) is 0 Å². The van der Waals surface area contributed by atoms with Crippen molar-refractivity contribution in [2.75, 3.05) is 14.7 Å². The maximum Gasteiger partial charge on any atom is 0.252 e. The van der Waals surface area contributed by atoms with E-state index in [0.717, 1.165) is 18.5 Å². The van der Waals surface area contributed by atoms with E-state index in [1.165, 1.54) is 123 Å². The van der Waals surface area contributed by atoms with E-state index < -0.39 is 0 Å². The zero-order valence-corrected chi connectivity index (χ0v) is 47.2. The van der Waals surface area contributed by atoms with Crippen molar-refractivity contribution in [2.45, 2.75) is 96.9 Å². The average molecular weight is 1020 g/mol. The first-order valence-corrected chi connectivity index (χ1v) is 28.6. The summed E-state index contributed by atoms with van der Waals surface area (Å²) in [6, 6.07) is 85.9. The van der Waals surface area contributed by atoms with E-state index in [0.29, 0.717) is 0 Å². The number of benzene rings is 10. The largest absolute Gasteiger partial charge is 0.330 e. The Bertz CT molecular complexity index is 4040. The highest BCUT2D eigenvalue weighted by Gasteiger charge is 2.60. The predicted octanol–water partition coefficient (Wildman–Crippen LogP) is 17.9. The van der Waals surface area contributed by atoms with Gasteiger partial charge in [0.1, 0.15) is 0 Å². The van der Waals surface area contributed by atoms with Gasteiger partial charge in [-0.3, -0.25) is 0 Å². The molecule has 10 aromatic carbocycles. The molecule has 14 rings (SSSR count). The third kappa shape index (κ3) is 7.54. The highest BCUT2D eigenvalue weighted by atomic mass is 15.3. The molecule has 3 heterocycles. The van der Waals surface area contributed by atoms with Gasteiger partial charge in [-0.2, -0.15) is 0 Å². The lowest BCUT2D eigenvalue weighted by atomic mass is 9.33. The lowest BCUT2D eigenvalue weighted by Gasteiger charge is -2.51. The van der Waals surface area contributed by atoms with Crippen LogP contribution in [0.25, 0.3) is 33.4 Å². The molecule has 3 aliphatic heterocycles. The highest BCUT2D eigenvalue weighted by molar-refractivity contribution is 7.00. The van der Waals surface area contributed by atoms with Gasteiger partial charge in [-0.05, 0) is 182 Å². The summed E-state index contributed by atoms with van der Waals surface area (Å²) in [5.41, 5.74) is 28.5. The molecule has 4 aliphatic rings. The molecule has 0 N–H and O–H groups in total. The van der Waals surface area contributed by atoms with E-state index in [9.17, 15) is 0 Å². The normalized spacial score (nSPS) is 17.8. The number of aryl methyl sites for hydroxylation is 2. The Balaban J connectivity index is 1.04. The van der Waals surface area contributed by atoms with Gasteiger partial charge in [0.25, 0.3) is 6.71 Å². The van der Waals surface area contributed by atoms with E-state index in [-0.39, 0.29) is 28.5 Å². The van der Waals surface area contributed by atoms with Crippen LogP contribution in [0.2, 0.25) is 0 Å². The molecule has 0 spiro atoms. The van der Waals surface area contributed by atoms with Crippen LogP contribution in [0.4, 0.5) is 45.5 Å². The third-order valence-electron chi connectivity index (χ3n) is 18.6. The monoisotopic (exact) mass is 1020 g/mol. The molecule has 0 aromatic heterocycles. The standard InChI is InChI=1S/C75H68BN3/c1-49-43-69-71-70(44-49)78(65-40-33-57(73(5,6)7)47-60(65)52-25-17-12-18-26-52)67-46-55(51-23-15-11-16-24-51)29-37-63(67)76(71)64-38-36-59(48-68(64)77(69)58-34-31-56(32-35-58)72(2,3)4)79-66-39-30-54(50-21-13-10-14-22-50)45-62(66)74(8)42-41-53-27-19-20-28-61(53)75(74,79)9/h10-40,43-48H,41-42H2,1-9H3. The maximum absolute atomic E-state index is 2.74. The third-order valence-corrected chi connectivity index (χ3v) is 18.6. The van der Waals surface area contributed by atoms with Gasteiger partial charge < -0.3 is 14.7 Å². The van der Waals surface area contributed by atoms with Gasteiger partial charge >= 0.3 is 0 Å². The molecule has 1 aliphatic carbocycles. The second-order valence-corrected chi connectivity index (χ2v) is 25.3. The summed E-state index contributed by atoms with van der Waals surface area (Å²) in [7, 11) is 0. The van der Waals surface area contributed by atoms with E-state index in [1.54, 1.807) is 0 Å². The molecule has 0 saturated heterocycles. The van der Waals surface area contributed by atoms with Crippen molar-refractivity contribution in [3.8, 4) is 33.4 Å². The molecule has 3 nitrogen and oxygen atoms in total. The van der Waals surface area contributed by atoms with E-state index >= 15 is 0 Å². The van der Waals surface area contributed by atoms with Crippen LogP contribution < -0.4 is 31.1 Å². The van der Waals surface area contributed by atoms with Crippen molar-refractivity contribution in [2.24, 2.45) is 0 Å². The second-order valence-electron chi connectivity index (χ2n) is 25.3. The van der Waals surface area contributed by atoms with Crippen LogP contribution in [0, 0.1) is 6.92 Å². The van der Waals surface area contributed by atoms with Gasteiger partial charge in [0.05, 0.1) is 11.2 Å². The number of rotatable bonds is 6. The summed E-state index contributed by atoms with van der Waals surface area (Å²) >= 11 is 0. The molecule has 0 amide bonds. The molecule has 0 bridgehead atoms. The molecule has 2 unspecified atom stereocenters. The summed E-state index contributed by atoms with van der Waals surface area (Å²) in [6.07, 6.45) is 2.10. The number of anilines is 8. The molecule has 4 heteroatoms. The van der Waals surface area contributed by atoms with E-state index in [2.05, 4.69) is 301 Å². The molecule has 10 aromatic rings. The lowest BCUT2D eigenvalue weighted by Crippen LogP contribution is -2.61. The zero-order valence-electron chi connectivity index (χ0n) is 47.2. The molecule has 0 fully saturated rings. The molecular formula is C75H68BN3. The Morgan fingerprint density at radius 1 is 0.405 bits per heavy atom. The van der Waals surface area contributed by atoms with Crippen LogP contribution in [0.1, 0.15) is 95.2 Å². The quantitative estimate of drug-likeness (QED) is 0.154. The van der Waals surface area contributed by atoms with E-state index in [4.69, 9.17) is 0 Å². The molecule has 0 saturated carbocycles. The predicted molar refractivity (Wildman–Crippen MR) is 337 cm³/mol. The summed E-state index contributed by atoms with van der Waals surface area (Å²) in [6.45, 7) is 21.2. The van der Waals surface area contributed by atoms with Crippen LogP contribution in [-0.4, -0.2) is 6.71 Å². The summed E-state index contributed by atoms with van der Waals surface area (Å²) in [4.78, 5) is 7.97. The van der Waals surface area contributed by atoms with Crippen molar-refractivity contribution in [3.05, 3.63) is 258 Å². The van der Waals surface area contributed by atoms with Crippen LogP contribution in [0.3, 0.4) is 0 Å². The van der Waals surface area contributed by atoms with Crippen molar-refractivity contribution < 1.29 is 0 Å². The molecule has 386 valence electrons. The van der Waals surface area contributed by atoms with Crippen molar-refractivity contribution in [3.63, 3.8) is 0 Å². The minimum Gasteiger partial charge on any atom is -0.330 e. The van der Waals surface area contributed by atoms with Crippen molar-refractivity contribution in [1.82, 2.24) is 0 Å². The van der Waals surface area contributed by atoms with Gasteiger partial charge in [-0.15, -0.1) is 0 Å². The summed E-state index contributed by atoms with van der Waals surface area (Å²) < 4.78 is 0. The first kappa shape index (κ1) is 49.0. The lowest BCUT2D eigenvalue weighted by molar-refractivity contribution is 0.245. The minimum absolute atomic E-state index is 0.00280. The first-order valence-electron chi connectivity index (χ1n) is 28.6. The topological polar surface area (TPSA) is 9.72 Å². The van der Waals surface area contributed by atoms with Crippen LogP contribution >= 0.6 is 0 Å². The fourth-order valence-electron chi connectivity index (χ4n) is 14.3. The Kier molecular flexibility index (Phi) is 11.1. The van der Waals surface area contributed by atoms with Crippen LogP contribution in [-0.2, 0) is 28.2 Å². The van der Waals surface area contributed by atoms with Gasteiger partial charge in [0, 0.05) is 50.8 Å². The Morgan fingerprint density at radius 2 is 0.937 bits per heavy atom.